The van der Waals surface area contributed by atoms with Gasteiger partial charge in [-0.1, -0.05) is 0 Å². The van der Waals surface area contributed by atoms with Gasteiger partial charge in [0.15, 0.2) is 0 Å². The van der Waals surface area contributed by atoms with Gasteiger partial charge in [-0.15, -0.1) is 0 Å². The Balaban J connectivity index is 2.13. The highest BCUT2D eigenvalue weighted by Gasteiger charge is 2.40. The third-order valence-corrected chi connectivity index (χ3v) is 5.96. The normalized spacial score (nSPS) is 22.1. The predicted molar refractivity (Wildman–Crippen MR) is 98.9 cm³/mol. The Morgan fingerprint density at radius 3 is 2.84 bits per heavy atom. The first-order valence-electron chi connectivity index (χ1n) is 8.77. The summed E-state index contributed by atoms with van der Waals surface area (Å²) in [4.78, 5) is 44.8. The van der Waals surface area contributed by atoms with Crippen LogP contribution in [0.15, 0.2) is 11.0 Å². The zero-order valence-electron chi connectivity index (χ0n) is 16.4. The monoisotopic (exact) mass is 480 g/mol. The molecule has 0 aliphatic carbocycles. The van der Waals surface area contributed by atoms with Crippen LogP contribution in [-0.4, -0.2) is 50.7 Å². The van der Waals surface area contributed by atoms with Gasteiger partial charge in [-0.25, -0.2) is 18.7 Å². The number of nitrogens with zero attached hydrogens (tertiary/aromatic N) is 3. The van der Waals surface area contributed by atoms with Gasteiger partial charge >= 0.3 is 28.1 Å². The molecule has 14 nitrogen and oxygen atoms in total. The van der Waals surface area contributed by atoms with Crippen LogP contribution >= 0.6 is 16.4 Å². The van der Waals surface area contributed by atoms with Gasteiger partial charge in [-0.2, -0.15) is 5.26 Å². The van der Waals surface area contributed by atoms with Crippen molar-refractivity contribution in [1.82, 2.24) is 9.55 Å². The molecule has 1 saturated heterocycles. The van der Waals surface area contributed by atoms with Crippen LogP contribution in [0, 0.1) is 18.3 Å². The van der Waals surface area contributed by atoms with Gasteiger partial charge in [0.2, 0.25) is 0 Å². The molecule has 0 spiro atoms. The van der Waals surface area contributed by atoms with Crippen LogP contribution in [0.3, 0.4) is 0 Å². The lowest BCUT2D eigenvalue weighted by Crippen LogP contribution is -2.30. The number of rotatable bonds is 10. The Labute approximate surface area is 177 Å². The van der Waals surface area contributed by atoms with E-state index in [0.717, 1.165) is 4.57 Å². The van der Waals surface area contributed by atoms with Gasteiger partial charge in [-0.05, 0) is 18.4 Å². The largest absolute Gasteiger partial charge is 0.858 e. The van der Waals surface area contributed by atoms with Crippen molar-refractivity contribution in [3.63, 3.8) is 0 Å². The maximum Gasteiger partial charge on any atom is 0.476 e. The highest BCUT2D eigenvalue weighted by Crippen LogP contribution is 2.55. The molecular formula is C15H20N3O11P2-. The number of ether oxygens (including phenoxy) is 2. The molecule has 1 aliphatic rings. The van der Waals surface area contributed by atoms with Crippen LogP contribution in [-0.2, 0) is 32.2 Å². The molecule has 0 amide bonds. The van der Waals surface area contributed by atoms with Crippen LogP contribution in [0.4, 0.5) is 0 Å². The molecule has 16 heteroatoms. The summed E-state index contributed by atoms with van der Waals surface area (Å²) in [5, 5.41) is 20.1. The van der Waals surface area contributed by atoms with Crippen molar-refractivity contribution in [3.05, 3.63) is 22.2 Å². The highest BCUT2D eigenvalue weighted by atomic mass is 31.3. The predicted octanol–water partition coefficient (Wildman–Crippen LogP) is 0.128. The molecule has 1 fully saturated rings. The van der Waals surface area contributed by atoms with E-state index in [2.05, 4.69) is 9.29 Å². The maximum atomic E-state index is 12.1. The lowest BCUT2D eigenvalue weighted by atomic mass is 10.2. The SMILES string of the molecule is CC(=O)O[C@H]1C[C@H](n2cc(C)c([O-])nc2=O)O[C@@H]1COP(OCCC#N)OP(=O)(O)O. The Morgan fingerprint density at radius 2 is 2.23 bits per heavy atom. The fourth-order valence-corrected chi connectivity index (χ4v) is 4.24. The van der Waals surface area contributed by atoms with E-state index in [1.165, 1.54) is 20.0 Å². The van der Waals surface area contributed by atoms with Gasteiger partial charge in [0.05, 0.1) is 25.7 Å². The van der Waals surface area contributed by atoms with Crippen molar-refractivity contribution in [3.8, 4) is 11.9 Å². The number of esters is 1. The maximum absolute atomic E-state index is 12.1. The van der Waals surface area contributed by atoms with E-state index in [0.29, 0.717) is 0 Å². The molecule has 0 aromatic carbocycles. The van der Waals surface area contributed by atoms with Crippen molar-refractivity contribution in [2.45, 2.75) is 45.1 Å². The Morgan fingerprint density at radius 1 is 1.52 bits per heavy atom. The zero-order chi connectivity index (χ0) is 23.2. The van der Waals surface area contributed by atoms with Crippen LogP contribution in [0.2, 0.25) is 0 Å². The molecule has 4 atom stereocenters. The average molecular weight is 480 g/mol. The molecule has 1 aromatic rings. The van der Waals surface area contributed by atoms with Crippen LogP contribution in [0.5, 0.6) is 5.88 Å². The molecule has 1 aliphatic heterocycles. The molecule has 0 radical (unpaired) electrons. The number of nitriles is 1. The van der Waals surface area contributed by atoms with E-state index in [-0.39, 0.29) is 31.6 Å². The van der Waals surface area contributed by atoms with E-state index in [9.17, 15) is 19.3 Å². The van der Waals surface area contributed by atoms with E-state index < -0.39 is 52.4 Å². The summed E-state index contributed by atoms with van der Waals surface area (Å²) in [6, 6.07) is 1.79. The second-order valence-corrected chi connectivity index (χ2v) is 8.86. The summed E-state index contributed by atoms with van der Waals surface area (Å²) in [6.07, 6.45) is -1.56. The number of hydrogen-bond donors (Lipinski definition) is 2. The molecule has 1 unspecified atom stereocenters. The summed E-state index contributed by atoms with van der Waals surface area (Å²) >= 11 is 0. The van der Waals surface area contributed by atoms with E-state index >= 15 is 0 Å². The minimum Gasteiger partial charge on any atom is -0.858 e. The lowest BCUT2D eigenvalue weighted by Gasteiger charge is -2.21. The molecule has 2 heterocycles. The fourth-order valence-electron chi connectivity index (χ4n) is 2.59. The lowest BCUT2D eigenvalue weighted by molar-refractivity contribution is -0.276. The van der Waals surface area contributed by atoms with Gasteiger partial charge in [0, 0.05) is 19.5 Å². The third kappa shape index (κ3) is 7.92. The molecule has 31 heavy (non-hydrogen) atoms. The van der Waals surface area contributed by atoms with E-state index in [1.807, 2.05) is 0 Å². The second kappa shape index (κ2) is 11.1. The molecule has 2 N–H and O–H groups in total. The summed E-state index contributed by atoms with van der Waals surface area (Å²) in [5.74, 6) is -1.31. The molecule has 1 aromatic heterocycles. The van der Waals surface area contributed by atoms with Crippen LogP contribution < -0.4 is 10.8 Å². The third-order valence-electron chi connectivity index (χ3n) is 3.82. The number of hydrogen-bond acceptors (Lipinski definition) is 11. The van der Waals surface area contributed by atoms with Crippen LogP contribution in [0.25, 0.3) is 0 Å². The minimum atomic E-state index is -4.96. The number of carbonyl (C=O) groups excluding carboxylic acids is 1. The van der Waals surface area contributed by atoms with E-state index in [4.69, 9.17) is 33.6 Å². The standard InChI is InChI=1S/C15H21N3O11P2/c1-9-7-18(15(21)17-14(9)20)13-6-11(27-10(2)19)12(28-13)8-26-30(25-5-3-4-16)29-31(22,23)24/h7,11-13H,3,5-6,8H2,1-2H3,(H,17,20,21)(H2,22,23,24)/p-1/t11-,12+,13+,30?/m0/s1. The molecule has 2 rings (SSSR count). The number of aromatic nitrogens is 2. The summed E-state index contributed by atoms with van der Waals surface area (Å²) in [7, 11) is -7.52. The number of aryl methyl sites for hydroxylation is 1. The van der Waals surface area contributed by atoms with Gasteiger partial charge < -0.3 is 33.4 Å². The number of phosphoric acid groups is 1. The Hall–Kier alpha value is -1.94. The second-order valence-electron chi connectivity index (χ2n) is 6.26. The topological polar surface area (TPSA) is 202 Å². The van der Waals surface area contributed by atoms with Crippen molar-refractivity contribution < 1.29 is 47.1 Å². The molecule has 0 saturated carbocycles. The smallest absolute Gasteiger partial charge is 0.476 e. The zero-order valence-corrected chi connectivity index (χ0v) is 18.2. The van der Waals surface area contributed by atoms with Crippen molar-refractivity contribution in [2.75, 3.05) is 13.2 Å². The average Bonchev–Trinajstić information content (AvgIpc) is 3.03. The fraction of sp³-hybridized carbons (Fsp3) is 0.600. The summed E-state index contributed by atoms with van der Waals surface area (Å²) in [6.45, 7) is 2.05. The van der Waals surface area contributed by atoms with Crippen molar-refractivity contribution in [1.29, 1.82) is 5.26 Å². The summed E-state index contributed by atoms with van der Waals surface area (Å²) in [5.41, 5.74) is -0.646. The summed E-state index contributed by atoms with van der Waals surface area (Å²) < 4.78 is 37.8. The Bertz CT molecular complexity index is 928. The van der Waals surface area contributed by atoms with Crippen molar-refractivity contribution >= 4 is 22.4 Å². The van der Waals surface area contributed by atoms with Gasteiger partial charge in [0.25, 0.3) is 0 Å². The first-order valence-corrected chi connectivity index (χ1v) is 11.4. The van der Waals surface area contributed by atoms with Crippen molar-refractivity contribution in [2.24, 2.45) is 0 Å². The van der Waals surface area contributed by atoms with Gasteiger partial charge in [0.1, 0.15) is 18.4 Å². The van der Waals surface area contributed by atoms with Gasteiger partial charge in [-0.3, -0.25) is 9.36 Å². The highest BCUT2D eigenvalue weighted by molar-refractivity contribution is 7.58. The Kier molecular flexibility index (Phi) is 9.05. The molecular weight excluding hydrogens is 460 g/mol. The first-order chi connectivity index (χ1) is 14.5. The molecule has 172 valence electrons. The number of carbonyl (C=O) groups is 1. The minimum absolute atomic E-state index is 0.0272. The van der Waals surface area contributed by atoms with E-state index in [1.54, 1.807) is 6.07 Å². The van der Waals surface area contributed by atoms with Crippen LogP contribution in [0.1, 0.15) is 31.6 Å². The quantitative estimate of drug-likeness (QED) is 0.260. The molecule has 0 bridgehead atoms. The first kappa shape index (κ1) is 25.3.